The maximum Gasteiger partial charge on any atom is -0.00139 e. The summed E-state index contributed by atoms with van der Waals surface area (Å²) in [5, 5.41) is 13.6. The Morgan fingerprint density at radius 1 is 0.333 bits per heavy atom. The summed E-state index contributed by atoms with van der Waals surface area (Å²) < 4.78 is 0. The number of rotatable bonds is 0. The first-order chi connectivity index (χ1) is 11.9. The predicted molar refractivity (Wildman–Crippen MR) is 105 cm³/mol. The van der Waals surface area contributed by atoms with Crippen LogP contribution in [0.3, 0.4) is 0 Å². The van der Waals surface area contributed by atoms with E-state index in [9.17, 15) is 0 Å². The monoisotopic (exact) mass is 304 g/mol. The summed E-state index contributed by atoms with van der Waals surface area (Å²) in [5.74, 6) is 0. The largest absolute Gasteiger partial charge is 0.0616 e. The van der Waals surface area contributed by atoms with E-state index in [0.29, 0.717) is 0 Å². The van der Waals surface area contributed by atoms with Crippen LogP contribution in [0.4, 0.5) is 0 Å². The Balaban J connectivity index is 2.15. The van der Waals surface area contributed by atoms with Gasteiger partial charge in [-0.25, -0.2) is 0 Å². The highest BCUT2D eigenvalue weighted by atomic mass is 14.4. The van der Waals surface area contributed by atoms with E-state index in [-0.39, 0.29) is 0 Å². The molecule has 0 aliphatic rings. The molecule has 0 atom stereocenters. The summed E-state index contributed by atoms with van der Waals surface area (Å²) in [5.41, 5.74) is 0. The molecule has 0 unspecified atom stereocenters. The maximum absolute atomic E-state index is 2.33. The lowest BCUT2D eigenvalue weighted by atomic mass is 9.91. The van der Waals surface area contributed by atoms with Crippen molar-refractivity contribution < 1.29 is 0 Å². The number of hydrogen-bond acceptors (Lipinski definition) is 0. The van der Waals surface area contributed by atoms with E-state index < -0.39 is 0 Å². The highest BCUT2D eigenvalue weighted by Crippen LogP contribution is 2.43. The van der Waals surface area contributed by atoms with Gasteiger partial charge in [-0.05, 0) is 59.9 Å². The zero-order valence-electron chi connectivity index (χ0n) is 13.1. The molecule has 6 aromatic carbocycles. The smallest absolute Gasteiger partial charge is 0.00139 e. The van der Waals surface area contributed by atoms with Gasteiger partial charge in [0.25, 0.3) is 0 Å². The van der Waals surface area contributed by atoms with Crippen LogP contribution in [0.1, 0.15) is 0 Å². The van der Waals surface area contributed by atoms with Crippen molar-refractivity contribution in [3.8, 4) is 0 Å². The minimum absolute atomic E-state index is 1.31. The average molecular weight is 304 g/mol. The van der Waals surface area contributed by atoms with Crippen LogP contribution in [-0.2, 0) is 0 Å². The summed E-state index contributed by atoms with van der Waals surface area (Å²) in [6, 6.07) is 31.1. The molecular formula is C24H14. The lowest BCUT2D eigenvalue weighted by Gasteiger charge is -2.16. The van der Waals surface area contributed by atoms with Gasteiger partial charge in [-0.2, -0.15) is 0 Å². The average Bonchev–Trinajstić information content (AvgIpc) is 2.66. The van der Waals surface area contributed by atoms with Crippen LogP contribution in [0.5, 0.6) is 0 Å². The third kappa shape index (κ3) is 1.39. The molecule has 0 bridgehead atoms. The van der Waals surface area contributed by atoms with Gasteiger partial charge in [0.05, 0.1) is 0 Å². The molecule has 0 saturated heterocycles. The summed E-state index contributed by atoms with van der Waals surface area (Å²) in [6.45, 7) is 0. The molecule has 0 fully saturated rings. The molecule has 0 aliphatic carbocycles. The molecule has 24 heavy (non-hydrogen) atoms. The first-order valence-corrected chi connectivity index (χ1v) is 8.39. The Morgan fingerprint density at radius 2 is 0.958 bits per heavy atom. The summed E-state index contributed by atoms with van der Waals surface area (Å²) in [6.07, 6.45) is 0. The van der Waals surface area contributed by atoms with Crippen LogP contribution in [0, 0.1) is 0 Å². The van der Waals surface area contributed by atoms with Gasteiger partial charge in [0, 0.05) is 0 Å². The van der Waals surface area contributed by atoms with Crippen LogP contribution >= 0.6 is 0 Å². The quantitative estimate of drug-likeness (QED) is 0.212. The summed E-state index contributed by atoms with van der Waals surface area (Å²) in [7, 11) is 0. The second-order valence-corrected chi connectivity index (χ2v) is 6.59. The molecule has 0 nitrogen and oxygen atoms in total. The van der Waals surface area contributed by atoms with E-state index in [4.69, 9.17) is 0 Å². The Hall–Kier alpha value is -3.12. The SMILES string of the molecule is c1ccc2c(c1)c[13c]1[13cH]cc3cccc4c5ccccc5c2c1c34. The van der Waals surface area contributed by atoms with Gasteiger partial charge in [0.15, 0.2) is 0 Å². The van der Waals surface area contributed by atoms with Gasteiger partial charge < -0.3 is 0 Å². The van der Waals surface area contributed by atoms with E-state index in [0.717, 1.165) is 0 Å². The molecule has 0 radical (unpaired) electrons. The van der Waals surface area contributed by atoms with Crippen LogP contribution in [0.25, 0.3) is 53.9 Å². The van der Waals surface area contributed by atoms with Gasteiger partial charge >= 0.3 is 0 Å². The van der Waals surface area contributed by atoms with Crippen LogP contribution < -0.4 is 0 Å². The van der Waals surface area contributed by atoms with E-state index >= 15 is 0 Å². The van der Waals surface area contributed by atoms with Crippen molar-refractivity contribution >= 4 is 53.9 Å². The molecule has 0 N–H and O–H groups in total. The Labute approximate surface area is 139 Å². The molecule has 6 aromatic rings. The maximum atomic E-state index is 2.33. The third-order valence-electron chi connectivity index (χ3n) is 5.36. The Morgan fingerprint density at radius 3 is 1.88 bits per heavy atom. The van der Waals surface area contributed by atoms with Crippen molar-refractivity contribution in [3.05, 3.63) is 84.9 Å². The lowest BCUT2D eigenvalue weighted by Crippen LogP contribution is -1.88. The van der Waals surface area contributed by atoms with Crippen molar-refractivity contribution in [2.24, 2.45) is 0 Å². The van der Waals surface area contributed by atoms with E-state index in [2.05, 4.69) is 84.9 Å². The van der Waals surface area contributed by atoms with Crippen molar-refractivity contribution in [2.75, 3.05) is 0 Å². The first-order valence-electron chi connectivity index (χ1n) is 8.39. The minimum atomic E-state index is 1.31. The normalized spacial score (nSPS) is 12.2. The van der Waals surface area contributed by atoms with Crippen molar-refractivity contribution in [2.45, 2.75) is 0 Å². The Kier molecular flexibility index (Phi) is 2.18. The Bertz CT molecular complexity index is 1380. The van der Waals surface area contributed by atoms with Crippen LogP contribution in [0.2, 0.25) is 0 Å². The fourth-order valence-corrected chi connectivity index (χ4v) is 4.38. The zero-order valence-corrected chi connectivity index (χ0v) is 13.1. The van der Waals surface area contributed by atoms with Crippen molar-refractivity contribution in [3.63, 3.8) is 0 Å². The molecule has 0 amide bonds. The summed E-state index contributed by atoms with van der Waals surface area (Å²) in [4.78, 5) is 0. The van der Waals surface area contributed by atoms with Gasteiger partial charge in [0.1, 0.15) is 0 Å². The van der Waals surface area contributed by atoms with Crippen molar-refractivity contribution in [1.82, 2.24) is 0 Å². The second kappa shape index (κ2) is 4.24. The molecular weight excluding hydrogens is 290 g/mol. The van der Waals surface area contributed by atoms with Gasteiger partial charge in [-0.15, -0.1) is 0 Å². The predicted octanol–water partition coefficient (Wildman–Crippen LogP) is 6.89. The van der Waals surface area contributed by atoms with E-state index in [1.54, 1.807) is 0 Å². The first kappa shape index (κ1) is 12.3. The third-order valence-corrected chi connectivity index (χ3v) is 5.36. The molecule has 110 valence electrons. The highest BCUT2D eigenvalue weighted by molar-refractivity contribution is 6.38. The molecule has 0 heterocycles. The number of benzene rings is 6. The lowest BCUT2D eigenvalue weighted by molar-refractivity contribution is 1.78. The van der Waals surface area contributed by atoms with Crippen LogP contribution in [0.15, 0.2) is 84.9 Å². The summed E-state index contributed by atoms with van der Waals surface area (Å²) >= 11 is 0. The van der Waals surface area contributed by atoms with E-state index in [1.165, 1.54) is 53.9 Å². The zero-order chi connectivity index (χ0) is 15.7. The highest BCUT2D eigenvalue weighted by Gasteiger charge is 2.14. The van der Waals surface area contributed by atoms with Crippen LogP contribution in [-0.4, -0.2) is 0 Å². The molecule has 0 aliphatic heterocycles. The second-order valence-electron chi connectivity index (χ2n) is 6.59. The van der Waals surface area contributed by atoms with Gasteiger partial charge in [0.2, 0.25) is 0 Å². The fraction of sp³-hybridized carbons (Fsp3) is 0. The molecule has 0 saturated carbocycles. The number of hydrogen-bond donors (Lipinski definition) is 0. The molecule has 6 rings (SSSR count). The molecule has 0 heteroatoms. The van der Waals surface area contributed by atoms with Gasteiger partial charge in [-0.3, -0.25) is 0 Å². The topological polar surface area (TPSA) is 0 Å². The fourth-order valence-electron chi connectivity index (χ4n) is 4.38. The molecule has 0 spiro atoms. The number of fused-ring (bicyclic) bond motifs is 5. The minimum Gasteiger partial charge on any atom is -0.0616 e. The standard InChI is InChI=1S/C24H14/c1-2-8-18-16(6-1)14-17-13-12-15-7-5-11-20-19-9-3-4-10-21(19)24(18)23(17)22(15)20/h1-14H/i13+1,17+1. The van der Waals surface area contributed by atoms with Crippen molar-refractivity contribution in [1.29, 1.82) is 0 Å². The van der Waals surface area contributed by atoms with Gasteiger partial charge in [-0.1, -0.05) is 78.9 Å². The molecule has 0 aromatic heterocycles. The van der Waals surface area contributed by atoms with E-state index in [1.807, 2.05) is 0 Å².